The van der Waals surface area contributed by atoms with Gasteiger partial charge in [0.25, 0.3) is 0 Å². The maximum atomic E-state index is 6.08. The fourth-order valence-electron chi connectivity index (χ4n) is 3.27. The summed E-state index contributed by atoms with van der Waals surface area (Å²) >= 11 is 0. The Balaban J connectivity index is 1.32. The minimum atomic E-state index is 0.568. The highest BCUT2D eigenvalue weighted by atomic mass is 15.3. The summed E-state index contributed by atoms with van der Waals surface area (Å²) in [4.78, 5) is 14.0. The molecule has 130 valence electrons. The minimum absolute atomic E-state index is 0.568. The van der Waals surface area contributed by atoms with Crippen molar-refractivity contribution in [3.05, 3.63) is 48.5 Å². The summed E-state index contributed by atoms with van der Waals surface area (Å²) in [5, 5.41) is 5.18. The standard InChI is InChI=1S/C18H23N7/c19-18-15-4-1-2-5-16(15)21-17(22-18)14-24-10-8-23(9-11-24)12-13-25-7-3-6-20-25/h1-7H,8-14H2,(H2,19,21,22). The molecule has 1 aromatic carbocycles. The molecule has 0 amide bonds. The Bertz CT molecular complexity index is 823. The monoisotopic (exact) mass is 337 g/mol. The van der Waals surface area contributed by atoms with E-state index >= 15 is 0 Å². The lowest BCUT2D eigenvalue weighted by Crippen LogP contribution is -2.46. The van der Waals surface area contributed by atoms with Gasteiger partial charge in [-0.25, -0.2) is 9.97 Å². The zero-order chi connectivity index (χ0) is 17.1. The van der Waals surface area contributed by atoms with Crippen molar-refractivity contribution in [2.75, 3.05) is 38.5 Å². The van der Waals surface area contributed by atoms with E-state index in [1.54, 1.807) is 0 Å². The van der Waals surface area contributed by atoms with Crippen LogP contribution in [0.15, 0.2) is 42.7 Å². The Morgan fingerprint density at radius 1 is 0.920 bits per heavy atom. The Kier molecular flexibility index (Phi) is 4.58. The molecule has 0 radical (unpaired) electrons. The molecule has 7 heteroatoms. The second kappa shape index (κ2) is 7.16. The first-order valence-corrected chi connectivity index (χ1v) is 8.71. The van der Waals surface area contributed by atoms with Crippen molar-refractivity contribution < 1.29 is 0 Å². The van der Waals surface area contributed by atoms with Crippen LogP contribution in [0.1, 0.15) is 5.82 Å². The molecular weight excluding hydrogens is 314 g/mol. The van der Waals surface area contributed by atoms with Gasteiger partial charge in [0.2, 0.25) is 0 Å². The number of rotatable bonds is 5. The summed E-state index contributed by atoms with van der Waals surface area (Å²) in [5.74, 6) is 1.37. The predicted molar refractivity (Wildman–Crippen MR) is 97.9 cm³/mol. The average molecular weight is 337 g/mol. The van der Waals surface area contributed by atoms with Gasteiger partial charge in [0, 0.05) is 50.5 Å². The number of nitrogens with two attached hydrogens (primary N) is 1. The molecular formula is C18H23N7. The van der Waals surface area contributed by atoms with Crippen LogP contribution in [0.4, 0.5) is 5.82 Å². The van der Waals surface area contributed by atoms with Crippen molar-refractivity contribution in [1.82, 2.24) is 29.5 Å². The van der Waals surface area contributed by atoms with Crippen molar-refractivity contribution in [3.8, 4) is 0 Å². The normalized spacial score (nSPS) is 16.5. The molecule has 0 spiro atoms. The molecule has 4 rings (SSSR count). The number of anilines is 1. The smallest absolute Gasteiger partial charge is 0.145 e. The number of benzene rings is 1. The van der Waals surface area contributed by atoms with E-state index in [9.17, 15) is 0 Å². The molecule has 1 aliphatic heterocycles. The number of nitrogens with zero attached hydrogens (tertiary/aromatic N) is 6. The van der Waals surface area contributed by atoms with Crippen LogP contribution in [0.3, 0.4) is 0 Å². The largest absolute Gasteiger partial charge is 0.383 e. The molecule has 2 aromatic heterocycles. The van der Waals surface area contributed by atoms with Crippen molar-refractivity contribution in [2.24, 2.45) is 0 Å². The minimum Gasteiger partial charge on any atom is -0.383 e. The van der Waals surface area contributed by atoms with Crippen LogP contribution in [-0.2, 0) is 13.1 Å². The number of hydrogen-bond donors (Lipinski definition) is 1. The van der Waals surface area contributed by atoms with E-state index in [4.69, 9.17) is 5.73 Å². The quantitative estimate of drug-likeness (QED) is 0.755. The molecule has 2 N–H and O–H groups in total. The van der Waals surface area contributed by atoms with Crippen LogP contribution >= 0.6 is 0 Å². The third kappa shape index (κ3) is 3.78. The van der Waals surface area contributed by atoms with Crippen LogP contribution in [0.2, 0.25) is 0 Å². The van der Waals surface area contributed by atoms with Crippen molar-refractivity contribution in [1.29, 1.82) is 0 Å². The summed E-state index contributed by atoms with van der Waals surface area (Å²) < 4.78 is 1.98. The van der Waals surface area contributed by atoms with Gasteiger partial charge in [0.15, 0.2) is 0 Å². The summed E-state index contributed by atoms with van der Waals surface area (Å²) in [6, 6.07) is 9.87. The molecule has 7 nitrogen and oxygen atoms in total. The zero-order valence-corrected chi connectivity index (χ0v) is 14.3. The second-order valence-corrected chi connectivity index (χ2v) is 6.43. The van der Waals surface area contributed by atoms with E-state index < -0.39 is 0 Å². The highest BCUT2D eigenvalue weighted by Gasteiger charge is 2.18. The lowest BCUT2D eigenvalue weighted by atomic mass is 10.2. The molecule has 3 heterocycles. The second-order valence-electron chi connectivity index (χ2n) is 6.43. The summed E-state index contributed by atoms with van der Waals surface area (Å²) in [6.07, 6.45) is 3.84. The molecule has 1 saturated heterocycles. The number of aromatic nitrogens is 4. The first-order valence-electron chi connectivity index (χ1n) is 8.71. The fraction of sp³-hybridized carbons (Fsp3) is 0.389. The number of fused-ring (bicyclic) bond motifs is 1. The van der Waals surface area contributed by atoms with Gasteiger partial charge >= 0.3 is 0 Å². The molecule has 0 unspecified atom stereocenters. The van der Waals surface area contributed by atoms with Crippen molar-refractivity contribution >= 4 is 16.7 Å². The van der Waals surface area contributed by atoms with E-state index in [-0.39, 0.29) is 0 Å². The highest BCUT2D eigenvalue weighted by Crippen LogP contribution is 2.18. The summed E-state index contributed by atoms with van der Waals surface area (Å²) in [7, 11) is 0. The van der Waals surface area contributed by atoms with Crippen LogP contribution in [-0.4, -0.2) is 62.3 Å². The van der Waals surface area contributed by atoms with Gasteiger partial charge in [0.05, 0.1) is 18.6 Å². The number of para-hydroxylation sites is 1. The first-order chi connectivity index (χ1) is 12.3. The number of hydrogen-bond acceptors (Lipinski definition) is 6. The van der Waals surface area contributed by atoms with Gasteiger partial charge in [-0.2, -0.15) is 5.10 Å². The Labute approximate surface area is 147 Å². The first kappa shape index (κ1) is 16.0. The van der Waals surface area contributed by atoms with E-state index in [1.165, 1.54) is 0 Å². The van der Waals surface area contributed by atoms with E-state index in [1.807, 2.05) is 47.4 Å². The van der Waals surface area contributed by atoms with Gasteiger partial charge in [0.1, 0.15) is 11.6 Å². The van der Waals surface area contributed by atoms with Gasteiger partial charge in [-0.15, -0.1) is 0 Å². The lowest BCUT2D eigenvalue weighted by Gasteiger charge is -2.34. The van der Waals surface area contributed by atoms with Crippen LogP contribution in [0.25, 0.3) is 10.9 Å². The Morgan fingerprint density at radius 2 is 1.72 bits per heavy atom. The molecule has 3 aromatic rings. The van der Waals surface area contributed by atoms with Gasteiger partial charge in [-0.05, 0) is 18.2 Å². The van der Waals surface area contributed by atoms with Crippen LogP contribution < -0.4 is 5.73 Å². The van der Waals surface area contributed by atoms with Gasteiger partial charge < -0.3 is 5.73 Å². The van der Waals surface area contributed by atoms with Crippen LogP contribution in [0, 0.1) is 0 Å². The molecule has 0 atom stereocenters. The van der Waals surface area contributed by atoms with Gasteiger partial charge in [-0.1, -0.05) is 12.1 Å². The van der Waals surface area contributed by atoms with E-state index in [0.717, 1.165) is 62.5 Å². The van der Waals surface area contributed by atoms with Crippen molar-refractivity contribution in [3.63, 3.8) is 0 Å². The molecule has 1 fully saturated rings. The third-order valence-electron chi connectivity index (χ3n) is 4.71. The maximum Gasteiger partial charge on any atom is 0.145 e. The highest BCUT2D eigenvalue weighted by molar-refractivity contribution is 5.87. The van der Waals surface area contributed by atoms with Crippen LogP contribution in [0.5, 0.6) is 0 Å². The molecule has 1 aliphatic rings. The maximum absolute atomic E-state index is 6.08. The Hall–Kier alpha value is -2.51. The third-order valence-corrected chi connectivity index (χ3v) is 4.71. The Morgan fingerprint density at radius 3 is 2.52 bits per heavy atom. The fourth-order valence-corrected chi connectivity index (χ4v) is 3.27. The average Bonchev–Trinajstić information content (AvgIpc) is 3.15. The molecule has 0 aliphatic carbocycles. The summed E-state index contributed by atoms with van der Waals surface area (Å²) in [6.45, 7) is 6.90. The lowest BCUT2D eigenvalue weighted by molar-refractivity contribution is 0.121. The van der Waals surface area contributed by atoms with E-state index in [0.29, 0.717) is 5.82 Å². The van der Waals surface area contributed by atoms with E-state index in [2.05, 4.69) is 24.9 Å². The van der Waals surface area contributed by atoms with Crippen molar-refractivity contribution in [2.45, 2.75) is 13.1 Å². The molecule has 0 bridgehead atoms. The molecule has 0 saturated carbocycles. The molecule has 25 heavy (non-hydrogen) atoms. The zero-order valence-electron chi connectivity index (χ0n) is 14.3. The summed E-state index contributed by atoms with van der Waals surface area (Å²) in [5.41, 5.74) is 7.00. The number of piperazine rings is 1. The number of nitrogen functional groups attached to an aromatic ring is 1. The topological polar surface area (TPSA) is 76.1 Å². The van der Waals surface area contributed by atoms with Gasteiger partial charge in [-0.3, -0.25) is 14.5 Å². The SMILES string of the molecule is Nc1nc(CN2CCN(CCn3cccn3)CC2)nc2ccccc12. The predicted octanol–water partition coefficient (Wildman–Crippen LogP) is 1.23.